The van der Waals surface area contributed by atoms with E-state index in [1.165, 1.54) is 13.2 Å². The van der Waals surface area contributed by atoms with Crippen LogP contribution in [-0.4, -0.2) is 25.0 Å². The Balaban J connectivity index is 2.08. The lowest BCUT2D eigenvalue weighted by Gasteiger charge is -2.17. The summed E-state index contributed by atoms with van der Waals surface area (Å²) in [5.41, 5.74) is 3.41. The average molecular weight is 361 g/mol. The van der Waals surface area contributed by atoms with Gasteiger partial charge in [-0.15, -0.1) is 0 Å². The number of carbonyl (C=O) groups is 2. The number of carbonyl (C=O) groups excluding carboxylic acids is 2. The van der Waals surface area contributed by atoms with E-state index in [0.29, 0.717) is 5.56 Å². The Bertz CT molecular complexity index is 821. The summed E-state index contributed by atoms with van der Waals surface area (Å²) < 4.78 is 31.0. The van der Waals surface area contributed by atoms with E-state index in [1.807, 2.05) is 32.0 Å². The summed E-state index contributed by atoms with van der Waals surface area (Å²) in [5, 5.41) is 2.60. The van der Waals surface area contributed by atoms with Crippen molar-refractivity contribution in [3.63, 3.8) is 0 Å². The molecule has 0 aromatic heterocycles. The zero-order chi connectivity index (χ0) is 19.3. The Morgan fingerprint density at radius 2 is 1.69 bits per heavy atom. The smallest absolute Gasteiger partial charge is 0.328 e. The van der Waals surface area contributed by atoms with E-state index >= 15 is 0 Å². The van der Waals surface area contributed by atoms with E-state index in [1.54, 1.807) is 0 Å². The summed E-state index contributed by atoms with van der Waals surface area (Å²) in [5.74, 6) is -3.04. The fourth-order valence-electron chi connectivity index (χ4n) is 2.58. The standard InChI is InChI=1S/C20H21F2NO3/c1-12-4-5-14(8-13(12)2)10-18(20(25)26-3)23-19(24)11-15-6-7-16(21)17(22)9-15/h4-9,18H,10-11H2,1-3H3,(H,23,24)/t18-/m1/s1. The average Bonchev–Trinajstić information content (AvgIpc) is 2.60. The van der Waals surface area contributed by atoms with Crippen LogP contribution in [0.25, 0.3) is 0 Å². The molecular formula is C20H21F2NO3. The molecule has 1 N–H and O–H groups in total. The molecule has 0 spiro atoms. The molecule has 2 aromatic carbocycles. The monoisotopic (exact) mass is 361 g/mol. The molecule has 0 saturated carbocycles. The van der Waals surface area contributed by atoms with Crippen LogP contribution in [0.5, 0.6) is 0 Å². The molecule has 1 amide bonds. The number of amides is 1. The Kier molecular flexibility index (Phi) is 6.44. The van der Waals surface area contributed by atoms with Crippen molar-refractivity contribution in [1.82, 2.24) is 5.32 Å². The number of aryl methyl sites for hydroxylation is 2. The van der Waals surface area contributed by atoms with E-state index in [4.69, 9.17) is 4.74 Å². The molecule has 0 bridgehead atoms. The summed E-state index contributed by atoms with van der Waals surface area (Å²) in [6.07, 6.45) is 0.106. The van der Waals surface area contributed by atoms with Crippen LogP contribution in [0.15, 0.2) is 36.4 Å². The van der Waals surface area contributed by atoms with Gasteiger partial charge in [0.15, 0.2) is 11.6 Å². The minimum Gasteiger partial charge on any atom is -0.467 e. The molecule has 0 aliphatic heterocycles. The van der Waals surface area contributed by atoms with Gasteiger partial charge in [-0.1, -0.05) is 24.3 Å². The highest BCUT2D eigenvalue weighted by Gasteiger charge is 2.22. The van der Waals surface area contributed by atoms with E-state index < -0.39 is 29.6 Å². The van der Waals surface area contributed by atoms with Gasteiger partial charge in [0.25, 0.3) is 0 Å². The van der Waals surface area contributed by atoms with Crippen LogP contribution in [0, 0.1) is 25.5 Å². The summed E-state index contributed by atoms with van der Waals surface area (Å²) in [6, 6.07) is 8.18. The molecule has 0 unspecified atom stereocenters. The first-order chi connectivity index (χ1) is 12.3. The van der Waals surface area contributed by atoms with Crippen molar-refractivity contribution in [3.05, 3.63) is 70.3 Å². The number of rotatable bonds is 6. The molecule has 0 saturated heterocycles. The van der Waals surface area contributed by atoms with Gasteiger partial charge in [0.2, 0.25) is 5.91 Å². The second kappa shape index (κ2) is 8.56. The Morgan fingerprint density at radius 1 is 1.00 bits per heavy atom. The third-order valence-electron chi connectivity index (χ3n) is 4.18. The topological polar surface area (TPSA) is 55.4 Å². The number of benzene rings is 2. The van der Waals surface area contributed by atoms with Crippen molar-refractivity contribution in [2.45, 2.75) is 32.7 Å². The van der Waals surface area contributed by atoms with Gasteiger partial charge in [0, 0.05) is 6.42 Å². The molecule has 2 rings (SSSR count). The number of halogens is 2. The number of esters is 1. The Morgan fingerprint density at radius 3 is 2.31 bits per heavy atom. The van der Waals surface area contributed by atoms with Crippen LogP contribution < -0.4 is 5.32 Å². The van der Waals surface area contributed by atoms with Crippen LogP contribution in [0.1, 0.15) is 22.3 Å². The fourth-order valence-corrected chi connectivity index (χ4v) is 2.58. The van der Waals surface area contributed by atoms with Crippen molar-refractivity contribution in [2.24, 2.45) is 0 Å². The second-order valence-electron chi connectivity index (χ2n) is 6.19. The van der Waals surface area contributed by atoms with Crippen molar-refractivity contribution >= 4 is 11.9 Å². The highest BCUT2D eigenvalue weighted by Crippen LogP contribution is 2.13. The van der Waals surface area contributed by atoms with Gasteiger partial charge >= 0.3 is 5.97 Å². The van der Waals surface area contributed by atoms with E-state index in [-0.39, 0.29) is 12.8 Å². The van der Waals surface area contributed by atoms with Gasteiger partial charge in [-0.05, 0) is 48.2 Å². The first-order valence-corrected chi connectivity index (χ1v) is 8.17. The van der Waals surface area contributed by atoms with Gasteiger partial charge in [0.05, 0.1) is 13.5 Å². The van der Waals surface area contributed by atoms with E-state index in [0.717, 1.165) is 28.8 Å². The predicted octanol–water partition coefficient (Wildman–Crippen LogP) is 3.02. The quantitative estimate of drug-likeness (QED) is 0.805. The molecule has 0 aliphatic rings. The number of hydrogen-bond acceptors (Lipinski definition) is 3. The van der Waals surface area contributed by atoms with Crippen molar-refractivity contribution in [2.75, 3.05) is 7.11 Å². The van der Waals surface area contributed by atoms with Crippen molar-refractivity contribution in [3.8, 4) is 0 Å². The van der Waals surface area contributed by atoms with Gasteiger partial charge in [-0.2, -0.15) is 0 Å². The molecule has 0 radical (unpaired) electrons. The molecule has 2 aromatic rings. The molecule has 0 heterocycles. The lowest BCUT2D eigenvalue weighted by molar-refractivity contribution is -0.145. The van der Waals surface area contributed by atoms with Gasteiger partial charge in [0.1, 0.15) is 6.04 Å². The highest BCUT2D eigenvalue weighted by atomic mass is 19.2. The summed E-state index contributed by atoms with van der Waals surface area (Å²) >= 11 is 0. The van der Waals surface area contributed by atoms with E-state index in [9.17, 15) is 18.4 Å². The summed E-state index contributed by atoms with van der Waals surface area (Å²) in [6.45, 7) is 3.95. The first kappa shape index (κ1) is 19.6. The second-order valence-corrected chi connectivity index (χ2v) is 6.19. The molecule has 4 nitrogen and oxygen atoms in total. The number of nitrogens with one attached hydrogen (secondary N) is 1. The third kappa shape index (κ3) is 5.12. The van der Waals surface area contributed by atoms with Crippen LogP contribution in [-0.2, 0) is 27.2 Å². The zero-order valence-electron chi connectivity index (χ0n) is 14.9. The molecule has 138 valence electrons. The molecular weight excluding hydrogens is 340 g/mol. The van der Waals surface area contributed by atoms with Gasteiger partial charge in [-0.3, -0.25) is 4.79 Å². The number of hydrogen-bond donors (Lipinski definition) is 1. The summed E-state index contributed by atoms with van der Waals surface area (Å²) in [4.78, 5) is 24.2. The lowest BCUT2D eigenvalue weighted by atomic mass is 10.0. The predicted molar refractivity (Wildman–Crippen MR) is 93.6 cm³/mol. The minimum atomic E-state index is -1.02. The molecule has 26 heavy (non-hydrogen) atoms. The van der Waals surface area contributed by atoms with Crippen LogP contribution in [0.4, 0.5) is 8.78 Å². The van der Waals surface area contributed by atoms with E-state index in [2.05, 4.69) is 5.32 Å². The largest absolute Gasteiger partial charge is 0.467 e. The SMILES string of the molecule is COC(=O)[C@@H](Cc1ccc(C)c(C)c1)NC(=O)Cc1ccc(F)c(F)c1. The normalized spacial score (nSPS) is 11.7. The summed E-state index contributed by atoms with van der Waals surface area (Å²) in [7, 11) is 1.25. The molecule has 0 aliphatic carbocycles. The number of methoxy groups -OCH3 is 1. The maximum absolute atomic E-state index is 13.3. The Labute approximate surface area is 151 Å². The molecule has 1 atom stereocenters. The third-order valence-corrected chi connectivity index (χ3v) is 4.18. The van der Waals surface area contributed by atoms with Crippen molar-refractivity contribution < 1.29 is 23.1 Å². The van der Waals surface area contributed by atoms with Crippen LogP contribution in [0.3, 0.4) is 0 Å². The Hall–Kier alpha value is -2.76. The minimum absolute atomic E-state index is 0.169. The van der Waals surface area contributed by atoms with Crippen molar-refractivity contribution in [1.29, 1.82) is 0 Å². The first-order valence-electron chi connectivity index (χ1n) is 8.17. The van der Waals surface area contributed by atoms with Crippen LogP contribution in [0.2, 0.25) is 0 Å². The maximum atomic E-state index is 13.3. The van der Waals surface area contributed by atoms with Crippen LogP contribution >= 0.6 is 0 Å². The zero-order valence-corrected chi connectivity index (χ0v) is 14.9. The van der Waals surface area contributed by atoms with Gasteiger partial charge in [-0.25, -0.2) is 13.6 Å². The number of ether oxygens (including phenoxy) is 1. The lowest BCUT2D eigenvalue weighted by Crippen LogP contribution is -2.43. The molecule has 0 fully saturated rings. The molecule has 6 heteroatoms. The fraction of sp³-hybridized carbons (Fsp3) is 0.300. The van der Waals surface area contributed by atoms with Gasteiger partial charge < -0.3 is 10.1 Å². The maximum Gasteiger partial charge on any atom is 0.328 e. The highest BCUT2D eigenvalue weighted by molar-refractivity contribution is 5.85.